The van der Waals surface area contributed by atoms with Gasteiger partial charge in [0.2, 0.25) is 5.91 Å². The van der Waals surface area contributed by atoms with E-state index >= 15 is 0 Å². The number of carbonyl (C=O) groups is 2. The van der Waals surface area contributed by atoms with Crippen molar-refractivity contribution in [3.8, 4) is 0 Å². The van der Waals surface area contributed by atoms with E-state index in [4.69, 9.17) is 0 Å². The second-order valence-electron chi connectivity index (χ2n) is 3.94. The van der Waals surface area contributed by atoms with Gasteiger partial charge < -0.3 is 10.6 Å². The first-order valence-electron chi connectivity index (χ1n) is 5.51. The predicted molar refractivity (Wildman–Crippen MR) is 67.6 cm³/mol. The van der Waals surface area contributed by atoms with Crippen LogP contribution in [0.5, 0.6) is 0 Å². The van der Waals surface area contributed by atoms with Crippen LogP contribution in [-0.2, 0) is 4.79 Å². The summed E-state index contributed by atoms with van der Waals surface area (Å²) in [6, 6.07) is 6.74. The van der Waals surface area contributed by atoms with Gasteiger partial charge >= 0.3 is 0 Å². The van der Waals surface area contributed by atoms with Crippen LogP contribution in [0, 0.1) is 0 Å². The molecule has 0 radical (unpaired) electrons. The highest BCUT2D eigenvalue weighted by molar-refractivity contribution is 9.10. The molecule has 1 atom stereocenters. The van der Waals surface area contributed by atoms with Crippen LogP contribution in [0.4, 0.5) is 0 Å². The van der Waals surface area contributed by atoms with Gasteiger partial charge in [0.05, 0.1) is 5.56 Å². The smallest absolute Gasteiger partial charge is 0.253 e. The molecule has 0 aromatic heterocycles. The number of hydrogen-bond acceptors (Lipinski definition) is 2. The maximum Gasteiger partial charge on any atom is 0.253 e. The summed E-state index contributed by atoms with van der Waals surface area (Å²) in [4.78, 5) is 23.5. The molecule has 0 aliphatic carbocycles. The maximum atomic E-state index is 12.0. The summed E-state index contributed by atoms with van der Waals surface area (Å²) in [6.45, 7) is 0.695. The molecule has 2 amide bonds. The fraction of sp³-hybridized carbons (Fsp3) is 0.333. The lowest BCUT2D eigenvalue weighted by molar-refractivity contribution is -0.124. The lowest BCUT2D eigenvalue weighted by atomic mass is 10.1. The fourth-order valence-electron chi connectivity index (χ4n) is 1.79. The van der Waals surface area contributed by atoms with E-state index in [1.165, 1.54) is 0 Å². The van der Waals surface area contributed by atoms with Crippen molar-refractivity contribution < 1.29 is 9.59 Å². The molecule has 90 valence electrons. The average Bonchev–Trinajstić information content (AvgIpc) is 2.32. The summed E-state index contributed by atoms with van der Waals surface area (Å²) in [5.74, 6) is -0.323. The highest BCUT2D eigenvalue weighted by atomic mass is 79.9. The van der Waals surface area contributed by atoms with Gasteiger partial charge in [0.1, 0.15) is 6.04 Å². The summed E-state index contributed by atoms with van der Waals surface area (Å²) in [5.41, 5.74) is 0.547. The molecule has 0 saturated carbocycles. The zero-order valence-corrected chi connectivity index (χ0v) is 10.8. The largest absolute Gasteiger partial charge is 0.354 e. The molecule has 1 fully saturated rings. The molecule has 0 bridgehead atoms. The lowest BCUT2D eigenvalue weighted by Gasteiger charge is -2.22. The monoisotopic (exact) mass is 296 g/mol. The highest BCUT2D eigenvalue weighted by Gasteiger charge is 2.24. The highest BCUT2D eigenvalue weighted by Crippen LogP contribution is 2.16. The van der Waals surface area contributed by atoms with Crippen LogP contribution >= 0.6 is 15.9 Å². The van der Waals surface area contributed by atoms with Crippen molar-refractivity contribution in [2.75, 3.05) is 6.54 Å². The third kappa shape index (κ3) is 2.85. The van der Waals surface area contributed by atoms with Crippen LogP contribution in [0.15, 0.2) is 28.7 Å². The second-order valence-corrected chi connectivity index (χ2v) is 4.79. The Labute approximate surface area is 108 Å². The SMILES string of the molecule is O=C(N[C@@H]1CCCNC1=O)c1ccccc1Br. The number of hydrogen-bond donors (Lipinski definition) is 2. The van der Waals surface area contributed by atoms with Crippen LogP contribution in [0.25, 0.3) is 0 Å². The van der Waals surface area contributed by atoms with Crippen LogP contribution < -0.4 is 10.6 Å². The van der Waals surface area contributed by atoms with Gasteiger partial charge in [0.15, 0.2) is 0 Å². The second kappa shape index (κ2) is 5.31. The lowest BCUT2D eigenvalue weighted by Crippen LogP contribution is -2.50. The Balaban J connectivity index is 2.06. The van der Waals surface area contributed by atoms with Crippen LogP contribution in [0.2, 0.25) is 0 Å². The molecular weight excluding hydrogens is 284 g/mol. The number of carbonyl (C=O) groups excluding carboxylic acids is 2. The molecule has 2 rings (SSSR count). The third-order valence-electron chi connectivity index (χ3n) is 2.71. The van der Waals surface area contributed by atoms with E-state index in [9.17, 15) is 9.59 Å². The first kappa shape index (κ1) is 12.1. The fourth-order valence-corrected chi connectivity index (χ4v) is 2.26. The first-order chi connectivity index (χ1) is 8.18. The van der Waals surface area contributed by atoms with E-state index in [-0.39, 0.29) is 11.8 Å². The summed E-state index contributed by atoms with van der Waals surface area (Å²) >= 11 is 3.32. The van der Waals surface area contributed by atoms with Crippen molar-refractivity contribution in [3.05, 3.63) is 34.3 Å². The number of rotatable bonds is 2. The quantitative estimate of drug-likeness (QED) is 0.868. The zero-order valence-electron chi connectivity index (χ0n) is 9.20. The normalized spacial score (nSPS) is 19.6. The van der Waals surface area contributed by atoms with Gasteiger partial charge in [0.25, 0.3) is 5.91 Å². The Morgan fingerprint density at radius 2 is 2.18 bits per heavy atom. The zero-order chi connectivity index (χ0) is 12.3. The Bertz CT molecular complexity index is 448. The van der Waals surface area contributed by atoms with E-state index in [0.29, 0.717) is 18.5 Å². The molecule has 1 aliphatic heterocycles. The Hall–Kier alpha value is -1.36. The topological polar surface area (TPSA) is 58.2 Å². The molecule has 4 nitrogen and oxygen atoms in total. The van der Waals surface area contributed by atoms with E-state index in [1.807, 2.05) is 6.07 Å². The van der Waals surface area contributed by atoms with E-state index in [0.717, 1.165) is 10.9 Å². The summed E-state index contributed by atoms with van der Waals surface area (Å²) < 4.78 is 0.730. The number of halogens is 1. The molecule has 5 heteroatoms. The maximum absolute atomic E-state index is 12.0. The van der Waals surface area contributed by atoms with Gasteiger partial charge in [-0.25, -0.2) is 0 Å². The minimum absolute atomic E-state index is 0.100. The van der Waals surface area contributed by atoms with Crippen molar-refractivity contribution in [3.63, 3.8) is 0 Å². The van der Waals surface area contributed by atoms with Gasteiger partial charge in [-0.05, 0) is 40.9 Å². The summed E-state index contributed by atoms with van der Waals surface area (Å²) in [7, 11) is 0. The van der Waals surface area contributed by atoms with E-state index in [2.05, 4.69) is 26.6 Å². The predicted octanol–water partition coefficient (Wildman–Crippen LogP) is 1.46. The van der Waals surface area contributed by atoms with Crippen LogP contribution in [0.3, 0.4) is 0 Å². The van der Waals surface area contributed by atoms with Crippen molar-refractivity contribution in [2.45, 2.75) is 18.9 Å². The molecule has 0 spiro atoms. The number of nitrogens with one attached hydrogen (secondary N) is 2. The molecule has 1 aliphatic rings. The Morgan fingerprint density at radius 1 is 1.41 bits per heavy atom. The van der Waals surface area contributed by atoms with Gasteiger partial charge in [-0.15, -0.1) is 0 Å². The molecule has 1 saturated heterocycles. The summed E-state index contributed by atoms with van der Waals surface area (Å²) in [5, 5.41) is 5.48. The first-order valence-corrected chi connectivity index (χ1v) is 6.31. The molecule has 2 N–H and O–H groups in total. The molecule has 0 unspecified atom stereocenters. The van der Waals surface area contributed by atoms with Crippen molar-refractivity contribution in [2.24, 2.45) is 0 Å². The minimum atomic E-state index is -0.414. The number of benzene rings is 1. The van der Waals surface area contributed by atoms with Crippen molar-refractivity contribution in [1.82, 2.24) is 10.6 Å². The molecule has 1 aromatic carbocycles. The van der Waals surface area contributed by atoms with Gasteiger partial charge in [-0.3, -0.25) is 9.59 Å². The average molecular weight is 297 g/mol. The summed E-state index contributed by atoms with van der Waals surface area (Å²) in [6.07, 6.45) is 1.59. The molecule has 1 aromatic rings. The third-order valence-corrected chi connectivity index (χ3v) is 3.40. The Morgan fingerprint density at radius 3 is 2.88 bits per heavy atom. The van der Waals surface area contributed by atoms with Crippen molar-refractivity contribution >= 4 is 27.7 Å². The molecular formula is C12H13BrN2O2. The van der Waals surface area contributed by atoms with Crippen LogP contribution in [-0.4, -0.2) is 24.4 Å². The molecule has 17 heavy (non-hydrogen) atoms. The molecule has 1 heterocycles. The van der Waals surface area contributed by atoms with Gasteiger partial charge in [-0.1, -0.05) is 12.1 Å². The van der Waals surface area contributed by atoms with Crippen LogP contribution in [0.1, 0.15) is 23.2 Å². The Kier molecular flexibility index (Phi) is 3.78. The van der Waals surface area contributed by atoms with E-state index < -0.39 is 6.04 Å². The van der Waals surface area contributed by atoms with Crippen molar-refractivity contribution in [1.29, 1.82) is 0 Å². The van der Waals surface area contributed by atoms with Gasteiger partial charge in [0, 0.05) is 11.0 Å². The standard InChI is InChI=1S/C12H13BrN2O2/c13-9-5-2-1-4-8(9)11(16)15-10-6-3-7-14-12(10)17/h1-2,4-5,10H,3,6-7H2,(H,14,17)(H,15,16)/t10-/m1/s1. The number of amides is 2. The van der Waals surface area contributed by atoms with E-state index in [1.54, 1.807) is 18.2 Å². The number of piperidine rings is 1. The van der Waals surface area contributed by atoms with Gasteiger partial charge in [-0.2, -0.15) is 0 Å². The minimum Gasteiger partial charge on any atom is -0.354 e.